The van der Waals surface area contributed by atoms with E-state index in [-0.39, 0.29) is 10.8 Å². The van der Waals surface area contributed by atoms with E-state index in [1.807, 2.05) is 0 Å². The van der Waals surface area contributed by atoms with Crippen molar-refractivity contribution in [3.8, 4) is 11.1 Å². The zero-order chi connectivity index (χ0) is 42.2. The molecule has 0 atom stereocenters. The van der Waals surface area contributed by atoms with Crippen molar-refractivity contribution in [1.82, 2.24) is 0 Å². The molecule has 8 aromatic rings. The summed E-state index contributed by atoms with van der Waals surface area (Å²) in [5, 5.41) is 5.57. The normalized spacial score (nSPS) is 22.6. The van der Waals surface area contributed by atoms with E-state index in [0.717, 1.165) is 11.8 Å². The van der Waals surface area contributed by atoms with E-state index < -0.39 is 8.07 Å². The van der Waals surface area contributed by atoms with Gasteiger partial charge in [0.25, 0.3) is 0 Å². The van der Waals surface area contributed by atoms with Gasteiger partial charge in [-0.1, -0.05) is 190 Å². The SMILES string of the molecule is CC1(C)c2ccccc2C2(c3cc(N(c4ccccc4)c4ccc(-c5ccc([Si](c6ccccc6)(c6ccccc6)c6ccccc6)cc5)cc4)ccc31)C1CC3CC(C1)CC2C3. The Hall–Kier alpha value is -6.22. The lowest BCUT2D eigenvalue weighted by molar-refractivity contribution is -0.0443. The van der Waals surface area contributed by atoms with Crippen molar-refractivity contribution in [2.45, 2.75) is 56.8 Å². The fraction of sp³-hybridized carbons (Fsp3) is 0.213. The quantitative estimate of drug-likeness (QED) is 0.109. The van der Waals surface area contributed by atoms with E-state index in [2.05, 4.69) is 231 Å². The fourth-order valence-electron chi connectivity index (χ4n) is 13.8. The zero-order valence-corrected chi connectivity index (χ0v) is 37.5. The maximum atomic E-state index is 2.65. The van der Waals surface area contributed by atoms with Crippen LogP contribution in [-0.2, 0) is 10.8 Å². The lowest BCUT2D eigenvalue weighted by Crippen LogP contribution is -2.74. The number of para-hydroxylation sites is 1. The van der Waals surface area contributed by atoms with Crippen LogP contribution in [0.2, 0.25) is 0 Å². The Bertz CT molecular complexity index is 2780. The van der Waals surface area contributed by atoms with E-state index in [1.165, 1.54) is 86.6 Å². The molecule has 0 aromatic heterocycles. The van der Waals surface area contributed by atoms with Crippen molar-refractivity contribution in [1.29, 1.82) is 0 Å². The van der Waals surface area contributed by atoms with Crippen molar-refractivity contribution in [2.75, 3.05) is 4.90 Å². The zero-order valence-electron chi connectivity index (χ0n) is 36.5. The third-order valence-electron chi connectivity index (χ3n) is 16.3. The monoisotopic (exact) mass is 829 g/mol. The molecule has 5 aliphatic carbocycles. The maximum absolute atomic E-state index is 2.65. The lowest BCUT2D eigenvalue weighted by atomic mass is 9.39. The number of fused-ring (bicyclic) bond motifs is 2. The summed E-state index contributed by atoms with van der Waals surface area (Å²) in [5.74, 6) is 3.22. The van der Waals surface area contributed by atoms with Gasteiger partial charge in [0.1, 0.15) is 0 Å². The van der Waals surface area contributed by atoms with Crippen molar-refractivity contribution < 1.29 is 0 Å². The van der Waals surface area contributed by atoms with Gasteiger partial charge in [-0.15, -0.1) is 0 Å². The first kappa shape index (κ1) is 38.5. The second-order valence-corrected chi connectivity index (χ2v) is 23.5. The molecular formula is C61H55NSi. The number of rotatable bonds is 8. The Kier molecular flexibility index (Phi) is 9.13. The molecule has 1 spiro atoms. The molecule has 4 bridgehead atoms. The molecule has 0 aliphatic heterocycles. The number of anilines is 3. The lowest BCUT2D eigenvalue weighted by Gasteiger charge is -2.64. The summed E-state index contributed by atoms with van der Waals surface area (Å²) in [6.45, 7) is 4.95. The summed E-state index contributed by atoms with van der Waals surface area (Å²) in [6.07, 6.45) is 6.98. The van der Waals surface area contributed by atoms with Crippen molar-refractivity contribution >= 4 is 45.9 Å². The number of hydrogen-bond acceptors (Lipinski definition) is 1. The molecular weight excluding hydrogens is 775 g/mol. The standard InChI is InChI=1S/C61H55NSi/c1-60(2)56-25-15-16-26-58(56)61(47-38-43-37-44(40-47)41-48(61)39-43)59-42-51(33-36-57(59)60)62(49-17-7-3-8-18-49)50-31-27-45(28-32-50)46-29-34-55(35-30-46)63(52-19-9-4-10-20-52,53-21-11-5-12-22-53)54-23-13-6-14-24-54/h3-36,42-44,47-48H,37-41H2,1-2H3. The summed E-state index contributed by atoms with van der Waals surface area (Å²) < 4.78 is 0. The minimum Gasteiger partial charge on any atom is -0.310 e. The molecule has 308 valence electrons. The third kappa shape index (κ3) is 5.87. The van der Waals surface area contributed by atoms with Gasteiger partial charge >= 0.3 is 0 Å². The minimum absolute atomic E-state index is 0.0649. The topological polar surface area (TPSA) is 3.24 Å². The van der Waals surface area contributed by atoms with Gasteiger partial charge in [-0.25, -0.2) is 0 Å². The van der Waals surface area contributed by atoms with E-state index >= 15 is 0 Å². The highest BCUT2D eigenvalue weighted by atomic mass is 28.3. The van der Waals surface area contributed by atoms with Crippen LogP contribution in [-0.4, -0.2) is 8.07 Å². The number of hydrogen-bond donors (Lipinski definition) is 0. The average Bonchev–Trinajstić information content (AvgIpc) is 3.33. The Morgan fingerprint density at radius 3 is 1.29 bits per heavy atom. The van der Waals surface area contributed by atoms with Gasteiger partial charge in [0.05, 0.1) is 0 Å². The van der Waals surface area contributed by atoms with Crippen molar-refractivity contribution in [3.05, 3.63) is 235 Å². The Balaban J connectivity index is 0.950. The van der Waals surface area contributed by atoms with E-state index in [4.69, 9.17) is 0 Å². The summed E-state index contributed by atoms with van der Waals surface area (Å²) >= 11 is 0. The molecule has 5 aliphatic rings. The summed E-state index contributed by atoms with van der Waals surface area (Å²) in [4.78, 5) is 2.50. The Morgan fingerprint density at radius 2 is 0.762 bits per heavy atom. The van der Waals surface area contributed by atoms with Gasteiger partial charge < -0.3 is 4.90 Å². The average molecular weight is 830 g/mol. The molecule has 13 rings (SSSR count). The molecule has 2 heteroatoms. The van der Waals surface area contributed by atoms with Gasteiger partial charge in [-0.05, 0) is 146 Å². The predicted molar refractivity (Wildman–Crippen MR) is 267 cm³/mol. The van der Waals surface area contributed by atoms with Crippen molar-refractivity contribution in [2.24, 2.45) is 23.7 Å². The maximum Gasteiger partial charge on any atom is 0.179 e. The van der Waals surface area contributed by atoms with Crippen LogP contribution in [0.25, 0.3) is 11.1 Å². The van der Waals surface area contributed by atoms with Crippen LogP contribution in [0.15, 0.2) is 212 Å². The fourth-order valence-corrected chi connectivity index (χ4v) is 18.6. The first-order valence-corrected chi connectivity index (χ1v) is 25.4. The molecule has 1 nitrogen and oxygen atoms in total. The molecule has 4 saturated carbocycles. The van der Waals surface area contributed by atoms with Gasteiger partial charge in [0.2, 0.25) is 0 Å². The van der Waals surface area contributed by atoms with E-state index in [0.29, 0.717) is 11.8 Å². The highest BCUT2D eigenvalue weighted by Crippen LogP contribution is 2.69. The molecule has 0 radical (unpaired) electrons. The third-order valence-corrected chi connectivity index (χ3v) is 21.1. The van der Waals surface area contributed by atoms with Crippen LogP contribution in [0.3, 0.4) is 0 Å². The molecule has 0 N–H and O–H groups in total. The van der Waals surface area contributed by atoms with Gasteiger partial charge in [-0.2, -0.15) is 0 Å². The molecule has 0 heterocycles. The Labute approximate surface area is 375 Å². The molecule has 0 saturated heterocycles. The van der Waals surface area contributed by atoms with Crippen molar-refractivity contribution in [3.63, 3.8) is 0 Å². The first-order chi connectivity index (χ1) is 31.0. The van der Waals surface area contributed by atoms with Crippen LogP contribution in [0.4, 0.5) is 17.1 Å². The number of benzene rings is 8. The molecule has 63 heavy (non-hydrogen) atoms. The van der Waals surface area contributed by atoms with Crippen LogP contribution < -0.4 is 25.6 Å². The van der Waals surface area contributed by atoms with Gasteiger partial charge in [0.15, 0.2) is 8.07 Å². The highest BCUT2D eigenvalue weighted by molar-refractivity contribution is 7.19. The largest absolute Gasteiger partial charge is 0.310 e. The second kappa shape index (κ2) is 15.0. The van der Waals surface area contributed by atoms with Crippen LogP contribution in [0, 0.1) is 23.7 Å². The minimum atomic E-state index is -2.59. The summed E-state index contributed by atoms with van der Waals surface area (Å²) in [5.41, 5.74) is 12.4. The molecule has 0 unspecified atom stereocenters. The molecule has 8 aromatic carbocycles. The van der Waals surface area contributed by atoms with E-state index in [1.54, 1.807) is 16.7 Å². The van der Waals surface area contributed by atoms with E-state index in [9.17, 15) is 0 Å². The van der Waals surface area contributed by atoms with Crippen LogP contribution >= 0.6 is 0 Å². The van der Waals surface area contributed by atoms with Gasteiger partial charge in [-0.3, -0.25) is 0 Å². The smallest absolute Gasteiger partial charge is 0.179 e. The number of nitrogens with zero attached hydrogens (tertiary/aromatic N) is 1. The highest BCUT2D eigenvalue weighted by Gasteiger charge is 2.62. The molecule has 4 fully saturated rings. The second-order valence-electron chi connectivity index (χ2n) is 19.7. The summed E-state index contributed by atoms with van der Waals surface area (Å²) in [7, 11) is -2.59. The van der Waals surface area contributed by atoms with Crippen LogP contribution in [0.1, 0.15) is 68.2 Å². The summed E-state index contributed by atoms with van der Waals surface area (Å²) in [6, 6.07) is 80.7. The van der Waals surface area contributed by atoms with Crippen LogP contribution in [0.5, 0.6) is 0 Å². The Morgan fingerprint density at radius 1 is 0.365 bits per heavy atom. The predicted octanol–water partition coefficient (Wildman–Crippen LogP) is 12.6. The molecule has 0 amide bonds. The van der Waals surface area contributed by atoms with Gasteiger partial charge in [0, 0.05) is 27.9 Å². The first-order valence-electron chi connectivity index (χ1n) is 23.4.